The fraction of sp³-hybridized carbons (Fsp3) is 1.00. The van der Waals surface area contributed by atoms with Gasteiger partial charge in [-0.25, -0.2) is 0 Å². The van der Waals surface area contributed by atoms with E-state index in [4.69, 9.17) is 5.73 Å². The maximum absolute atomic E-state index is 6.45. The van der Waals surface area contributed by atoms with Crippen molar-refractivity contribution in [2.45, 2.75) is 79.7 Å². The molecule has 0 saturated carbocycles. The maximum atomic E-state index is 6.45. The molecule has 0 atom stereocenters. The molecule has 0 rings (SSSR count). The van der Waals surface area contributed by atoms with Gasteiger partial charge in [0.1, 0.15) is 0 Å². The molecule has 15 heavy (non-hydrogen) atoms. The highest BCUT2D eigenvalue weighted by molar-refractivity contribution is 5.03. The third-order valence-corrected chi connectivity index (χ3v) is 4.61. The molecule has 1 heteroatoms. The first-order valence-electron chi connectivity index (χ1n) is 6.47. The molecule has 0 saturated heterocycles. The lowest BCUT2D eigenvalue weighted by atomic mass is 9.53. The second-order valence-corrected chi connectivity index (χ2v) is 6.14. The van der Waals surface area contributed by atoms with Gasteiger partial charge in [0.15, 0.2) is 0 Å². The summed E-state index contributed by atoms with van der Waals surface area (Å²) in [6.07, 6.45) is 4.83. The van der Waals surface area contributed by atoms with Crippen LogP contribution in [0.1, 0.15) is 74.1 Å². The van der Waals surface area contributed by atoms with Crippen LogP contribution in [0.3, 0.4) is 0 Å². The predicted octanol–water partition coefficient (Wildman–Crippen LogP) is 4.36. The Balaban J connectivity index is 5.27. The van der Waals surface area contributed by atoms with E-state index in [9.17, 15) is 0 Å². The zero-order valence-electron chi connectivity index (χ0n) is 11.9. The fourth-order valence-electron chi connectivity index (χ4n) is 3.85. The van der Waals surface area contributed by atoms with E-state index in [-0.39, 0.29) is 11.0 Å². The number of hydrogen-bond acceptors (Lipinski definition) is 1. The summed E-state index contributed by atoms with van der Waals surface area (Å²) >= 11 is 0. The van der Waals surface area contributed by atoms with Crippen molar-refractivity contribution in [2.75, 3.05) is 0 Å². The number of rotatable bonds is 6. The Hall–Kier alpha value is -0.0400. The first-order chi connectivity index (χ1) is 6.68. The Labute approximate surface area is 96.8 Å². The topological polar surface area (TPSA) is 26.0 Å². The van der Waals surface area contributed by atoms with Crippen LogP contribution in [0.15, 0.2) is 0 Å². The van der Waals surface area contributed by atoms with Gasteiger partial charge in [0.2, 0.25) is 0 Å². The smallest absolute Gasteiger partial charge is 0.0159 e. The van der Waals surface area contributed by atoms with Gasteiger partial charge in [-0.05, 0) is 43.9 Å². The molecule has 0 aliphatic heterocycles. The molecular formula is C14H31N. The van der Waals surface area contributed by atoms with E-state index in [1.807, 2.05) is 0 Å². The molecule has 0 amide bonds. The van der Waals surface area contributed by atoms with Crippen molar-refractivity contribution in [3.05, 3.63) is 0 Å². The van der Waals surface area contributed by atoms with Crippen molar-refractivity contribution < 1.29 is 0 Å². The van der Waals surface area contributed by atoms with Gasteiger partial charge in [-0.15, -0.1) is 0 Å². The Bertz CT molecular complexity index is 182. The monoisotopic (exact) mass is 213 g/mol. The van der Waals surface area contributed by atoms with Gasteiger partial charge >= 0.3 is 0 Å². The van der Waals surface area contributed by atoms with Gasteiger partial charge in [-0.2, -0.15) is 0 Å². The molecule has 0 aromatic carbocycles. The first kappa shape index (κ1) is 15.0. The zero-order chi connectivity index (χ0) is 12.3. The van der Waals surface area contributed by atoms with E-state index < -0.39 is 0 Å². The fourth-order valence-corrected chi connectivity index (χ4v) is 3.85. The maximum Gasteiger partial charge on any atom is 0.0159 e. The molecule has 1 nitrogen and oxygen atoms in total. The third kappa shape index (κ3) is 2.55. The standard InChI is InChI=1S/C14H31N/c1-8-11-12(4,5)14(9-2,10-3)13(6,7)15/h8-11,15H2,1-7H3. The second kappa shape index (κ2) is 4.86. The van der Waals surface area contributed by atoms with Crippen LogP contribution in [0.4, 0.5) is 0 Å². The van der Waals surface area contributed by atoms with Crippen LogP contribution in [0, 0.1) is 10.8 Å². The summed E-state index contributed by atoms with van der Waals surface area (Å²) in [6.45, 7) is 16.0. The van der Waals surface area contributed by atoms with Gasteiger partial charge < -0.3 is 5.73 Å². The van der Waals surface area contributed by atoms with Crippen molar-refractivity contribution in [3.63, 3.8) is 0 Å². The summed E-state index contributed by atoms with van der Waals surface area (Å²) < 4.78 is 0. The van der Waals surface area contributed by atoms with Gasteiger partial charge in [0, 0.05) is 5.54 Å². The minimum Gasteiger partial charge on any atom is -0.325 e. The minimum absolute atomic E-state index is 0.102. The van der Waals surface area contributed by atoms with Crippen molar-refractivity contribution in [2.24, 2.45) is 16.6 Å². The van der Waals surface area contributed by atoms with Crippen LogP contribution in [-0.2, 0) is 0 Å². The lowest BCUT2D eigenvalue weighted by Gasteiger charge is -2.54. The van der Waals surface area contributed by atoms with Crippen LogP contribution in [0.5, 0.6) is 0 Å². The molecule has 0 spiro atoms. The summed E-state index contributed by atoms with van der Waals surface area (Å²) in [6, 6.07) is 0. The Morgan fingerprint density at radius 1 is 0.867 bits per heavy atom. The normalized spacial score (nSPS) is 14.4. The molecule has 0 fully saturated rings. The van der Waals surface area contributed by atoms with Crippen LogP contribution < -0.4 is 5.73 Å². The van der Waals surface area contributed by atoms with E-state index in [1.54, 1.807) is 0 Å². The quantitative estimate of drug-likeness (QED) is 0.697. The number of nitrogens with two attached hydrogens (primary N) is 1. The zero-order valence-corrected chi connectivity index (χ0v) is 11.9. The molecule has 0 aliphatic carbocycles. The first-order valence-corrected chi connectivity index (χ1v) is 6.47. The van der Waals surface area contributed by atoms with E-state index >= 15 is 0 Å². The van der Waals surface area contributed by atoms with Crippen molar-refractivity contribution in [1.29, 1.82) is 0 Å². The average Bonchev–Trinajstić information content (AvgIpc) is 2.03. The summed E-state index contributed by atoms with van der Waals surface area (Å²) in [5.41, 5.74) is 6.92. The van der Waals surface area contributed by atoms with E-state index in [0.29, 0.717) is 5.41 Å². The molecule has 0 radical (unpaired) electrons. The number of hydrogen-bond donors (Lipinski definition) is 1. The molecule has 0 aromatic heterocycles. The van der Waals surface area contributed by atoms with Gasteiger partial charge in [-0.3, -0.25) is 0 Å². The SMILES string of the molecule is CCCC(C)(C)C(CC)(CC)C(C)(C)N. The molecule has 92 valence electrons. The van der Waals surface area contributed by atoms with Crippen LogP contribution in [0.2, 0.25) is 0 Å². The molecule has 0 aromatic rings. The summed E-state index contributed by atoms with van der Waals surface area (Å²) in [5, 5.41) is 0. The van der Waals surface area contributed by atoms with Gasteiger partial charge in [0.05, 0.1) is 0 Å². The van der Waals surface area contributed by atoms with Crippen LogP contribution >= 0.6 is 0 Å². The van der Waals surface area contributed by atoms with Gasteiger partial charge in [0.25, 0.3) is 0 Å². The summed E-state index contributed by atoms with van der Waals surface area (Å²) in [4.78, 5) is 0. The van der Waals surface area contributed by atoms with E-state index in [2.05, 4.69) is 48.5 Å². The Kier molecular flexibility index (Phi) is 4.85. The highest BCUT2D eigenvalue weighted by Crippen LogP contribution is 2.53. The second-order valence-electron chi connectivity index (χ2n) is 6.14. The Morgan fingerprint density at radius 3 is 1.47 bits per heavy atom. The van der Waals surface area contributed by atoms with E-state index in [0.717, 1.165) is 0 Å². The van der Waals surface area contributed by atoms with Crippen molar-refractivity contribution >= 4 is 0 Å². The molecule has 0 unspecified atom stereocenters. The van der Waals surface area contributed by atoms with E-state index in [1.165, 1.54) is 25.7 Å². The molecule has 2 N–H and O–H groups in total. The minimum atomic E-state index is -0.102. The van der Waals surface area contributed by atoms with Crippen LogP contribution in [0.25, 0.3) is 0 Å². The van der Waals surface area contributed by atoms with Gasteiger partial charge in [-0.1, -0.05) is 41.0 Å². The molecular weight excluding hydrogens is 182 g/mol. The molecule has 0 heterocycles. The molecule has 0 aliphatic rings. The summed E-state index contributed by atoms with van der Waals surface area (Å²) in [5.74, 6) is 0. The predicted molar refractivity (Wildman–Crippen MR) is 70.0 cm³/mol. The van der Waals surface area contributed by atoms with Crippen LogP contribution in [-0.4, -0.2) is 5.54 Å². The lowest BCUT2D eigenvalue weighted by molar-refractivity contribution is -0.0177. The Morgan fingerprint density at radius 2 is 1.27 bits per heavy atom. The largest absolute Gasteiger partial charge is 0.325 e. The highest BCUT2D eigenvalue weighted by Gasteiger charge is 2.49. The summed E-state index contributed by atoms with van der Waals surface area (Å²) in [7, 11) is 0. The lowest BCUT2D eigenvalue weighted by Crippen LogP contribution is -2.57. The molecule has 0 bridgehead atoms. The third-order valence-electron chi connectivity index (χ3n) is 4.61. The van der Waals surface area contributed by atoms with Crippen molar-refractivity contribution in [3.8, 4) is 0 Å². The van der Waals surface area contributed by atoms with Crippen molar-refractivity contribution in [1.82, 2.24) is 0 Å². The average molecular weight is 213 g/mol. The highest BCUT2D eigenvalue weighted by atomic mass is 14.8.